The van der Waals surface area contributed by atoms with E-state index >= 15 is 0 Å². The van der Waals surface area contributed by atoms with Crippen LogP contribution >= 0.6 is 0 Å². The minimum atomic E-state index is -0.0145. The van der Waals surface area contributed by atoms with Gasteiger partial charge in [0.15, 0.2) is 0 Å². The van der Waals surface area contributed by atoms with Crippen LogP contribution in [0.25, 0.3) is 0 Å². The number of aliphatic hydroxyl groups excluding tert-OH is 1. The lowest BCUT2D eigenvalue weighted by Crippen LogP contribution is -2.44. The molecule has 0 radical (unpaired) electrons. The molecule has 1 heterocycles. The fourth-order valence-electron chi connectivity index (χ4n) is 5.42. The zero-order chi connectivity index (χ0) is 14.8. The van der Waals surface area contributed by atoms with Gasteiger partial charge in [-0.05, 0) is 56.9 Å². The summed E-state index contributed by atoms with van der Waals surface area (Å²) in [5.41, 5.74) is 0. The van der Waals surface area contributed by atoms with E-state index in [4.69, 9.17) is 0 Å². The van der Waals surface area contributed by atoms with Crippen molar-refractivity contribution in [1.82, 2.24) is 10.2 Å². The minimum absolute atomic E-state index is 0.0145. The standard InChI is InChI=1S/C18H34N2O/c1-3-4-13-5-7-17(19-2)15(9-13)11-20-10-14-6-8-18(21)16(14)12-20/h13-19,21H,3-12H2,1-2H3. The molecule has 6 atom stereocenters. The van der Waals surface area contributed by atoms with Crippen LogP contribution < -0.4 is 5.32 Å². The van der Waals surface area contributed by atoms with Crippen LogP contribution in [0.2, 0.25) is 0 Å². The highest BCUT2D eigenvalue weighted by molar-refractivity contribution is 4.95. The number of aliphatic hydroxyl groups is 1. The van der Waals surface area contributed by atoms with E-state index in [1.807, 2.05) is 0 Å². The summed E-state index contributed by atoms with van der Waals surface area (Å²) < 4.78 is 0. The van der Waals surface area contributed by atoms with Gasteiger partial charge >= 0.3 is 0 Å². The van der Waals surface area contributed by atoms with Crippen molar-refractivity contribution in [1.29, 1.82) is 0 Å². The zero-order valence-corrected chi connectivity index (χ0v) is 13.9. The van der Waals surface area contributed by atoms with E-state index < -0.39 is 0 Å². The molecule has 3 rings (SSSR count). The molecule has 1 saturated heterocycles. The summed E-state index contributed by atoms with van der Waals surface area (Å²) in [5.74, 6) is 3.13. The lowest BCUT2D eigenvalue weighted by atomic mass is 9.76. The Kier molecular flexibility index (Phi) is 5.23. The summed E-state index contributed by atoms with van der Waals surface area (Å²) >= 11 is 0. The highest BCUT2D eigenvalue weighted by atomic mass is 16.3. The van der Waals surface area contributed by atoms with Gasteiger partial charge in [-0.3, -0.25) is 0 Å². The second-order valence-electron chi connectivity index (χ2n) is 7.91. The Hall–Kier alpha value is -0.120. The van der Waals surface area contributed by atoms with Crippen molar-refractivity contribution in [3.63, 3.8) is 0 Å². The second-order valence-corrected chi connectivity index (χ2v) is 7.91. The van der Waals surface area contributed by atoms with E-state index in [0.717, 1.165) is 30.7 Å². The Labute approximate surface area is 130 Å². The average molecular weight is 294 g/mol. The SMILES string of the molecule is CCCC1CCC(NC)C(CN2CC3CCC(O)C3C2)C1. The Balaban J connectivity index is 1.55. The monoisotopic (exact) mass is 294 g/mol. The summed E-state index contributed by atoms with van der Waals surface area (Å²) in [4.78, 5) is 2.67. The van der Waals surface area contributed by atoms with Gasteiger partial charge in [-0.25, -0.2) is 0 Å². The maximum atomic E-state index is 10.1. The average Bonchev–Trinajstić information content (AvgIpc) is 3.02. The van der Waals surface area contributed by atoms with Crippen LogP contribution in [0.3, 0.4) is 0 Å². The number of likely N-dealkylation sites (tertiary alicyclic amines) is 1. The normalized spacial score (nSPS) is 44.1. The van der Waals surface area contributed by atoms with Crippen molar-refractivity contribution in [3.8, 4) is 0 Å². The van der Waals surface area contributed by atoms with E-state index in [1.165, 1.54) is 51.6 Å². The molecule has 1 aliphatic heterocycles. The van der Waals surface area contributed by atoms with E-state index in [9.17, 15) is 5.11 Å². The van der Waals surface area contributed by atoms with Gasteiger partial charge in [0.25, 0.3) is 0 Å². The van der Waals surface area contributed by atoms with E-state index in [1.54, 1.807) is 0 Å². The summed E-state index contributed by atoms with van der Waals surface area (Å²) in [5, 5.41) is 13.7. The molecule has 2 saturated carbocycles. The molecule has 2 N–H and O–H groups in total. The summed E-state index contributed by atoms with van der Waals surface area (Å²) in [7, 11) is 2.14. The topological polar surface area (TPSA) is 35.5 Å². The molecule has 0 aromatic carbocycles. The molecule has 3 nitrogen and oxygen atoms in total. The summed E-state index contributed by atoms with van der Waals surface area (Å²) in [6, 6.07) is 0.712. The first-order valence-electron chi connectivity index (χ1n) is 9.29. The van der Waals surface area contributed by atoms with Gasteiger partial charge < -0.3 is 15.3 Å². The van der Waals surface area contributed by atoms with Crippen molar-refractivity contribution in [3.05, 3.63) is 0 Å². The quantitative estimate of drug-likeness (QED) is 0.818. The van der Waals surface area contributed by atoms with E-state index in [-0.39, 0.29) is 6.10 Å². The van der Waals surface area contributed by atoms with Gasteiger partial charge in [-0.15, -0.1) is 0 Å². The van der Waals surface area contributed by atoms with Crippen LogP contribution in [-0.4, -0.2) is 48.8 Å². The second kappa shape index (κ2) is 6.97. The van der Waals surface area contributed by atoms with Gasteiger partial charge in [0.1, 0.15) is 0 Å². The molecule has 3 fully saturated rings. The Morgan fingerprint density at radius 2 is 2.00 bits per heavy atom. The first-order valence-corrected chi connectivity index (χ1v) is 9.29. The number of nitrogens with zero attached hydrogens (tertiary/aromatic N) is 1. The fourth-order valence-corrected chi connectivity index (χ4v) is 5.42. The molecule has 0 bridgehead atoms. The molecular weight excluding hydrogens is 260 g/mol. The molecule has 6 unspecified atom stereocenters. The number of rotatable bonds is 5. The predicted octanol–water partition coefficient (Wildman–Crippen LogP) is 2.49. The third-order valence-corrected chi connectivity index (χ3v) is 6.55. The van der Waals surface area contributed by atoms with Crippen molar-refractivity contribution < 1.29 is 5.11 Å². The number of hydrogen-bond acceptors (Lipinski definition) is 3. The summed E-state index contributed by atoms with van der Waals surface area (Å²) in [6.07, 6.45) is 9.21. The van der Waals surface area contributed by atoms with Crippen LogP contribution in [0, 0.1) is 23.7 Å². The van der Waals surface area contributed by atoms with Crippen molar-refractivity contribution in [2.45, 2.75) is 64.0 Å². The summed E-state index contributed by atoms with van der Waals surface area (Å²) in [6.45, 7) is 5.97. The van der Waals surface area contributed by atoms with Gasteiger partial charge in [0.2, 0.25) is 0 Å². The Morgan fingerprint density at radius 1 is 1.14 bits per heavy atom. The third-order valence-electron chi connectivity index (χ3n) is 6.55. The van der Waals surface area contributed by atoms with Crippen LogP contribution in [0.4, 0.5) is 0 Å². The molecular formula is C18H34N2O. The Morgan fingerprint density at radius 3 is 2.71 bits per heavy atom. The van der Waals surface area contributed by atoms with E-state index in [2.05, 4.69) is 24.2 Å². The molecule has 122 valence electrons. The van der Waals surface area contributed by atoms with Crippen LogP contribution in [0.1, 0.15) is 51.9 Å². The predicted molar refractivity (Wildman–Crippen MR) is 87.2 cm³/mol. The van der Waals surface area contributed by atoms with Gasteiger partial charge in [0, 0.05) is 31.6 Å². The molecule has 3 aliphatic rings. The smallest absolute Gasteiger partial charge is 0.0583 e. The maximum Gasteiger partial charge on any atom is 0.0583 e. The highest BCUT2D eigenvalue weighted by Gasteiger charge is 2.42. The first kappa shape index (κ1) is 15.8. The third kappa shape index (κ3) is 3.46. The van der Waals surface area contributed by atoms with Gasteiger partial charge in [-0.2, -0.15) is 0 Å². The lowest BCUT2D eigenvalue weighted by Gasteiger charge is -2.38. The molecule has 0 amide bonds. The molecule has 0 spiro atoms. The van der Waals surface area contributed by atoms with Crippen LogP contribution in [0.5, 0.6) is 0 Å². The largest absolute Gasteiger partial charge is 0.393 e. The van der Waals surface area contributed by atoms with Crippen molar-refractivity contribution in [2.75, 3.05) is 26.7 Å². The fraction of sp³-hybridized carbons (Fsp3) is 1.00. The highest BCUT2D eigenvalue weighted by Crippen LogP contribution is 2.40. The lowest BCUT2D eigenvalue weighted by molar-refractivity contribution is 0.113. The molecule has 21 heavy (non-hydrogen) atoms. The van der Waals surface area contributed by atoms with Crippen LogP contribution in [0.15, 0.2) is 0 Å². The number of hydrogen-bond donors (Lipinski definition) is 2. The van der Waals surface area contributed by atoms with Gasteiger partial charge in [0.05, 0.1) is 6.10 Å². The maximum absolute atomic E-state index is 10.1. The Bertz CT molecular complexity index is 335. The van der Waals surface area contributed by atoms with Gasteiger partial charge in [-0.1, -0.05) is 19.8 Å². The molecule has 3 heteroatoms. The molecule has 0 aromatic rings. The van der Waals surface area contributed by atoms with Crippen molar-refractivity contribution >= 4 is 0 Å². The molecule has 2 aliphatic carbocycles. The minimum Gasteiger partial charge on any atom is -0.393 e. The van der Waals surface area contributed by atoms with E-state index in [0.29, 0.717) is 12.0 Å². The zero-order valence-electron chi connectivity index (χ0n) is 13.9. The van der Waals surface area contributed by atoms with Crippen LogP contribution in [-0.2, 0) is 0 Å². The molecule has 0 aromatic heterocycles. The number of fused-ring (bicyclic) bond motifs is 1. The van der Waals surface area contributed by atoms with Crippen molar-refractivity contribution in [2.24, 2.45) is 23.7 Å². The first-order chi connectivity index (χ1) is 10.2. The number of nitrogens with one attached hydrogen (secondary N) is 1.